The highest BCUT2D eigenvalue weighted by Crippen LogP contribution is 2.32. The Hall–Kier alpha value is -4.25. The van der Waals surface area contributed by atoms with Crippen molar-refractivity contribution in [1.82, 2.24) is 34.7 Å². The van der Waals surface area contributed by atoms with Gasteiger partial charge in [-0.05, 0) is 37.5 Å². The van der Waals surface area contributed by atoms with Crippen LogP contribution >= 0.6 is 0 Å². The number of aromatic nitrogens is 6. The Labute approximate surface area is 193 Å². The summed E-state index contributed by atoms with van der Waals surface area (Å²) in [5.74, 6) is 0.719. The summed E-state index contributed by atoms with van der Waals surface area (Å²) in [6, 6.07) is 12.8. The Morgan fingerprint density at radius 3 is 2.68 bits per heavy atom. The third kappa shape index (κ3) is 2.97. The molecule has 4 aromatic heterocycles. The monoisotopic (exact) mass is 458 g/mol. The number of nitrogens with zero attached hydrogens (tertiary/aromatic N) is 6. The average Bonchev–Trinajstić information content (AvgIpc) is 3.57. The Kier molecular flexibility index (Phi) is 4.42. The van der Waals surface area contributed by atoms with E-state index >= 15 is 0 Å². The molecule has 11 nitrogen and oxygen atoms in total. The van der Waals surface area contributed by atoms with Gasteiger partial charge in [-0.25, -0.2) is 9.67 Å². The van der Waals surface area contributed by atoms with Crippen molar-refractivity contribution in [1.29, 1.82) is 0 Å². The van der Waals surface area contributed by atoms with Crippen molar-refractivity contribution in [3.8, 4) is 11.6 Å². The first kappa shape index (κ1) is 20.4. The van der Waals surface area contributed by atoms with Crippen molar-refractivity contribution in [2.75, 3.05) is 5.73 Å². The Morgan fingerprint density at radius 2 is 1.97 bits per heavy atom. The molecule has 0 spiro atoms. The molecule has 1 fully saturated rings. The van der Waals surface area contributed by atoms with Gasteiger partial charge in [-0.3, -0.25) is 4.79 Å². The number of aliphatic hydroxyl groups is 1. The number of hydrogen-bond donors (Lipinski definition) is 3. The molecule has 1 atom stereocenters. The SMILES string of the molecule is CC(C(=O)N[C@H]1C[C@H](O)C1)(c1ccccc1)n1ncc2c1nc(N)n1nc(-c3ccco3)nc21. The van der Waals surface area contributed by atoms with E-state index in [4.69, 9.17) is 10.2 Å². The highest BCUT2D eigenvalue weighted by Gasteiger charge is 2.42. The number of carbonyl (C=O) groups excluding carboxylic acids is 1. The van der Waals surface area contributed by atoms with Gasteiger partial charge < -0.3 is 20.6 Å². The van der Waals surface area contributed by atoms with Crippen LogP contribution in [-0.4, -0.2) is 52.5 Å². The summed E-state index contributed by atoms with van der Waals surface area (Å²) in [6.45, 7) is 1.79. The molecule has 0 bridgehead atoms. The smallest absolute Gasteiger partial charge is 0.252 e. The van der Waals surface area contributed by atoms with Crippen LogP contribution in [0.5, 0.6) is 0 Å². The molecule has 6 rings (SSSR count). The fourth-order valence-corrected chi connectivity index (χ4v) is 4.39. The maximum atomic E-state index is 13.7. The number of rotatable bonds is 5. The van der Waals surface area contributed by atoms with E-state index in [0.29, 0.717) is 41.1 Å². The van der Waals surface area contributed by atoms with Crippen molar-refractivity contribution < 1.29 is 14.3 Å². The quantitative estimate of drug-likeness (QED) is 0.360. The first-order chi connectivity index (χ1) is 16.4. The molecule has 1 saturated carbocycles. The molecule has 1 amide bonds. The number of benzene rings is 1. The fraction of sp³-hybridized carbons (Fsp3) is 0.261. The summed E-state index contributed by atoms with van der Waals surface area (Å²) in [5, 5.41) is 22.3. The lowest BCUT2D eigenvalue weighted by Crippen LogP contribution is -2.55. The van der Waals surface area contributed by atoms with E-state index in [-0.39, 0.29) is 24.0 Å². The van der Waals surface area contributed by atoms with Gasteiger partial charge in [0, 0.05) is 6.04 Å². The van der Waals surface area contributed by atoms with Gasteiger partial charge in [-0.15, -0.1) is 5.10 Å². The van der Waals surface area contributed by atoms with Crippen LogP contribution in [0, 0.1) is 0 Å². The van der Waals surface area contributed by atoms with Crippen molar-refractivity contribution in [2.45, 2.75) is 37.5 Å². The van der Waals surface area contributed by atoms with Crippen LogP contribution < -0.4 is 11.1 Å². The van der Waals surface area contributed by atoms with Gasteiger partial charge in [0.05, 0.1) is 24.0 Å². The Balaban J connectivity index is 1.52. The zero-order valence-corrected chi connectivity index (χ0v) is 18.3. The Bertz CT molecular complexity index is 1500. The zero-order valence-electron chi connectivity index (χ0n) is 18.3. The fourth-order valence-electron chi connectivity index (χ4n) is 4.39. The minimum atomic E-state index is -1.23. The standard InChI is InChI=1S/C23H22N8O3/c1-23(13-6-3-2-4-7-13,21(33)26-14-10-15(32)11-14)31-20-16(12-25-31)19-27-18(17-8-5-9-34-17)29-30(19)22(24)28-20/h2-9,12,14-15,32H,10-11H2,1H3,(H2,24,28)(H,26,33)/t14-,15-,23?. The van der Waals surface area contributed by atoms with E-state index in [1.807, 2.05) is 30.3 Å². The number of nitrogens with one attached hydrogen (secondary N) is 1. The maximum Gasteiger partial charge on any atom is 0.252 e. The van der Waals surface area contributed by atoms with Crippen LogP contribution in [-0.2, 0) is 10.3 Å². The molecule has 5 aromatic rings. The van der Waals surface area contributed by atoms with Crippen LogP contribution in [0.25, 0.3) is 28.3 Å². The second kappa shape index (κ2) is 7.39. The largest absolute Gasteiger partial charge is 0.461 e. The molecular weight excluding hydrogens is 436 g/mol. The van der Waals surface area contributed by atoms with Gasteiger partial charge in [0.15, 0.2) is 22.6 Å². The van der Waals surface area contributed by atoms with Crippen LogP contribution in [0.15, 0.2) is 59.3 Å². The normalized spacial score (nSPS) is 19.7. The number of carbonyl (C=O) groups is 1. The summed E-state index contributed by atoms with van der Waals surface area (Å²) in [4.78, 5) is 22.8. The molecule has 0 saturated heterocycles. The van der Waals surface area contributed by atoms with Gasteiger partial charge >= 0.3 is 0 Å². The molecule has 1 aliphatic rings. The lowest BCUT2D eigenvalue weighted by molar-refractivity contribution is -0.129. The molecule has 1 aliphatic carbocycles. The molecule has 1 aromatic carbocycles. The highest BCUT2D eigenvalue weighted by molar-refractivity contribution is 5.94. The number of amides is 1. The van der Waals surface area contributed by atoms with Gasteiger partial charge in [-0.1, -0.05) is 30.3 Å². The van der Waals surface area contributed by atoms with Crippen LogP contribution in [0.2, 0.25) is 0 Å². The van der Waals surface area contributed by atoms with Gasteiger partial charge in [-0.2, -0.15) is 14.6 Å². The number of aliphatic hydroxyl groups excluding tert-OH is 1. The summed E-state index contributed by atoms with van der Waals surface area (Å²) < 4.78 is 8.42. The molecule has 0 aliphatic heterocycles. The predicted octanol–water partition coefficient (Wildman–Crippen LogP) is 1.72. The molecule has 4 N–H and O–H groups in total. The van der Waals surface area contributed by atoms with E-state index in [1.165, 1.54) is 4.52 Å². The average molecular weight is 458 g/mol. The molecule has 0 radical (unpaired) electrons. The lowest BCUT2D eigenvalue weighted by Gasteiger charge is -2.36. The van der Waals surface area contributed by atoms with Crippen molar-refractivity contribution >= 4 is 28.5 Å². The summed E-state index contributed by atoms with van der Waals surface area (Å²) >= 11 is 0. The Morgan fingerprint density at radius 1 is 1.18 bits per heavy atom. The van der Waals surface area contributed by atoms with Crippen LogP contribution in [0.1, 0.15) is 25.3 Å². The molecule has 11 heteroatoms. The summed E-state index contributed by atoms with van der Waals surface area (Å²) in [6.07, 6.45) is 3.82. The topological polar surface area (TPSA) is 149 Å². The van der Waals surface area contributed by atoms with Crippen molar-refractivity contribution in [3.63, 3.8) is 0 Å². The number of furan rings is 1. The number of nitrogens with two attached hydrogens (primary N) is 1. The summed E-state index contributed by atoms with van der Waals surface area (Å²) in [7, 11) is 0. The first-order valence-corrected chi connectivity index (χ1v) is 10.9. The van der Waals surface area contributed by atoms with E-state index in [1.54, 1.807) is 36.2 Å². The molecule has 4 heterocycles. The minimum Gasteiger partial charge on any atom is -0.461 e. The third-order valence-electron chi connectivity index (χ3n) is 6.42. The molecule has 1 unspecified atom stereocenters. The first-order valence-electron chi connectivity index (χ1n) is 10.9. The number of fused-ring (bicyclic) bond motifs is 3. The maximum absolute atomic E-state index is 13.7. The predicted molar refractivity (Wildman–Crippen MR) is 123 cm³/mol. The van der Waals surface area contributed by atoms with E-state index < -0.39 is 5.54 Å². The second-order valence-electron chi connectivity index (χ2n) is 8.65. The van der Waals surface area contributed by atoms with Gasteiger partial charge in [0.2, 0.25) is 11.8 Å². The molecular formula is C23H22N8O3. The van der Waals surface area contributed by atoms with Crippen molar-refractivity contribution in [3.05, 3.63) is 60.5 Å². The second-order valence-corrected chi connectivity index (χ2v) is 8.65. The van der Waals surface area contributed by atoms with E-state index in [0.717, 1.165) is 5.56 Å². The third-order valence-corrected chi connectivity index (χ3v) is 6.42. The van der Waals surface area contributed by atoms with Crippen LogP contribution in [0.4, 0.5) is 5.95 Å². The van der Waals surface area contributed by atoms with Crippen molar-refractivity contribution in [2.24, 2.45) is 0 Å². The number of anilines is 1. The highest BCUT2D eigenvalue weighted by atomic mass is 16.3. The molecule has 34 heavy (non-hydrogen) atoms. The van der Waals surface area contributed by atoms with E-state index in [2.05, 4.69) is 25.5 Å². The molecule has 172 valence electrons. The van der Waals surface area contributed by atoms with Gasteiger partial charge in [0.1, 0.15) is 0 Å². The van der Waals surface area contributed by atoms with E-state index in [9.17, 15) is 9.90 Å². The minimum absolute atomic E-state index is 0.0931. The summed E-state index contributed by atoms with van der Waals surface area (Å²) in [5.41, 5.74) is 6.61. The number of nitrogen functional groups attached to an aromatic ring is 1. The lowest BCUT2D eigenvalue weighted by atomic mass is 9.86. The zero-order chi connectivity index (χ0) is 23.4. The van der Waals surface area contributed by atoms with Gasteiger partial charge in [0.25, 0.3) is 5.91 Å². The van der Waals surface area contributed by atoms with Crippen LogP contribution in [0.3, 0.4) is 0 Å². The number of hydrogen-bond acceptors (Lipinski definition) is 8.